The highest BCUT2D eigenvalue weighted by molar-refractivity contribution is 5.96. The first kappa shape index (κ1) is 16.9. The molecule has 0 saturated heterocycles. The lowest BCUT2D eigenvalue weighted by molar-refractivity contribution is -0.383. The smallest absolute Gasteiger partial charge is 0.306 e. The van der Waals surface area contributed by atoms with Gasteiger partial charge in [0.25, 0.3) is 11.6 Å². The van der Waals surface area contributed by atoms with E-state index in [1.54, 1.807) is 6.07 Å². The summed E-state index contributed by atoms with van der Waals surface area (Å²) in [5.74, 6) is -0.644. The average molecular weight is 320 g/mol. The first-order valence-corrected chi connectivity index (χ1v) is 7.71. The molecule has 1 aliphatic rings. The van der Waals surface area contributed by atoms with Crippen molar-refractivity contribution in [1.82, 2.24) is 0 Å². The second kappa shape index (κ2) is 7.71. The number of nitro groups is 1. The fourth-order valence-corrected chi connectivity index (χ4v) is 2.72. The molecule has 0 heterocycles. The van der Waals surface area contributed by atoms with Crippen LogP contribution in [0, 0.1) is 16.0 Å². The molecule has 1 atom stereocenters. The van der Waals surface area contributed by atoms with E-state index in [1.807, 2.05) is 0 Å². The summed E-state index contributed by atoms with van der Waals surface area (Å²) in [6, 6.07) is 5.83. The molecular formula is C16H20N2O5. The van der Waals surface area contributed by atoms with Crippen LogP contribution in [0.1, 0.15) is 39.0 Å². The molecule has 1 amide bonds. The number of rotatable bonds is 6. The Kier molecular flexibility index (Phi) is 5.67. The van der Waals surface area contributed by atoms with E-state index in [4.69, 9.17) is 4.74 Å². The minimum atomic E-state index is -0.997. The highest BCUT2D eigenvalue weighted by Crippen LogP contribution is 2.28. The number of esters is 1. The maximum absolute atomic E-state index is 12.0. The lowest BCUT2D eigenvalue weighted by atomic mass is 10.0. The third kappa shape index (κ3) is 4.77. The van der Waals surface area contributed by atoms with E-state index in [2.05, 4.69) is 5.32 Å². The Hall–Kier alpha value is -2.44. The van der Waals surface area contributed by atoms with E-state index in [9.17, 15) is 19.7 Å². The van der Waals surface area contributed by atoms with Gasteiger partial charge >= 0.3 is 5.97 Å². The van der Waals surface area contributed by atoms with Crippen LogP contribution in [0.4, 0.5) is 11.4 Å². The van der Waals surface area contributed by atoms with E-state index in [-0.39, 0.29) is 11.4 Å². The number of anilines is 1. The molecule has 1 saturated carbocycles. The van der Waals surface area contributed by atoms with Crippen LogP contribution < -0.4 is 5.32 Å². The van der Waals surface area contributed by atoms with E-state index in [1.165, 1.54) is 25.1 Å². The molecule has 0 radical (unpaired) electrons. The normalized spacial score (nSPS) is 15.9. The van der Waals surface area contributed by atoms with Gasteiger partial charge in [0.05, 0.1) is 4.92 Å². The van der Waals surface area contributed by atoms with Crippen LogP contribution in [-0.2, 0) is 14.3 Å². The Morgan fingerprint density at radius 2 is 2.00 bits per heavy atom. The van der Waals surface area contributed by atoms with Crippen molar-refractivity contribution in [2.24, 2.45) is 5.92 Å². The van der Waals surface area contributed by atoms with Crippen LogP contribution in [0.5, 0.6) is 0 Å². The summed E-state index contributed by atoms with van der Waals surface area (Å²) in [4.78, 5) is 34.2. The number of carbonyl (C=O) groups is 2. The zero-order valence-corrected chi connectivity index (χ0v) is 13.0. The van der Waals surface area contributed by atoms with Crippen molar-refractivity contribution in [2.45, 2.75) is 45.1 Å². The number of benzene rings is 1. The van der Waals surface area contributed by atoms with Gasteiger partial charge in [0.15, 0.2) is 6.10 Å². The standard InChI is InChI=1S/C16H20N2O5/c1-11(23-15(19)10-12-6-2-3-7-12)16(20)17-13-8-4-5-9-14(13)18(21)22/h4-5,8-9,11-12H,2-3,6-7,10H2,1H3,(H,17,20)/t11-/m1/s1. The molecule has 1 fully saturated rings. The number of amides is 1. The number of ether oxygens (including phenoxy) is 1. The fourth-order valence-electron chi connectivity index (χ4n) is 2.72. The molecule has 124 valence electrons. The van der Waals surface area contributed by atoms with E-state index in [0.717, 1.165) is 25.7 Å². The summed E-state index contributed by atoms with van der Waals surface area (Å²) in [6.07, 6.45) is 3.63. The van der Waals surface area contributed by atoms with Crippen molar-refractivity contribution in [1.29, 1.82) is 0 Å². The summed E-state index contributed by atoms with van der Waals surface area (Å²) < 4.78 is 5.13. The summed E-state index contributed by atoms with van der Waals surface area (Å²) >= 11 is 0. The maximum Gasteiger partial charge on any atom is 0.306 e. The van der Waals surface area contributed by atoms with Crippen LogP contribution in [0.25, 0.3) is 0 Å². The maximum atomic E-state index is 12.0. The van der Waals surface area contributed by atoms with Crippen molar-refractivity contribution < 1.29 is 19.2 Å². The number of hydrogen-bond donors (Lipinski definition) is 1. The second-order valence-corrected chi connectivity index (χ2v) is 5.75. The lowest BCUT2D eigenvalue weighted by Gasteiger charge is -2.15. The van der Waals surface area contributed by atoms with Gasteiger partial charge in [0.1, 0.15) is 5.69 Å². The minimum Gasteiger partial charge on any atom is -0.453 e. The van der Waals surface area contributed by atoms with Crippen LogP contribution in [0.15, 0.2) is 24.3 Å². The Balaban J connectivity index is 1.89. The molecule has 7 nitrogen and oxygen atoms in total. The van der Waals surface area contributed by atoms with E-state index in [0.29, 0.717) is 12.3 Å². The zero-order chi connectivity index (χ0) is 16.8. The molecule has 23 heavy (non-hydrogen) atoms. The molecule has 1 aromatic carbocycles. The van der Waals surface area contributed by atoms with Gasteiger partial charge in [0, 0.05) is 12.5 Å². The van der Waals surface area contributed by atoms with Crippen molar-refractivity contribution in [3.8, 4) is 0 Å². The molecule has 1 aromatic rings. The number of nitrogens with zero attached hydrogens (tertiary/aromatic N) is 1. The van der Waals surface area contributed by atoms with Crippen LogP contribution in [0.2, 0.25) is 0 Å². The molecule has 0 bridgehead atoms. The van der Waals surface area contributed by atoms with E-state index < -0.39 is 22.9 Å². The number of carbonyl (C=O) groups excluding carboxylic acids is 2. The topological polar surface area (TPSA) is 98.5 Å². The van der Waals surface area contributed by atoms with Crippen molar-refractivity contribution >= 4 is 23.3 Å². The number of nitro benzene ring substituents is 1. The predicted molar refractivity (Wildman–Crippen MR) is 83.9 cm³/mol. The Bertz CT molecular complexity index is 596. The van der Waals surface area contributed by atoms with Gasteiger partial charge < -0.3 is 10.1 Å². The molecule has 0 aliphatic heterocycles. The first-order chi connectivity index (χ1) is 11.0. The minimum absolute atomic E-state index is 0.0844. The van der Waals surface area contributed by atoms with Crippen LogP contribution >= 0.6 is 0 Å². The third-order valence-corrected chi connectivity index (χ3v) is 3.97. The van der Waals surface area contributed by atoms with Gasteiger partial charge in [0.2, 0.25) is 0 Å². The summed E-state index contributed by atoms with van der Waals surface area (Å²) in [7, 11) is 0. The van der Waals surface area contributed by atoms with Crippen molar-refractivity contribution in [3.05, 3.63) is 34.4 Å². The highest BCUT2D eigenvalue weighted by Gasteiger charge is 2.24. The summed E-state index contributed by atoms with van der Waals surface area (Å²) in [5, 5.41) is 13.3. The van der Waals surface area contributed by atoms with Gasteiger partial charge in [-0.15, -0.1) is 0 Å². The predicted octanol–water partition coefficient (Wildman–Crippen LogP) is 3.05. The summed E-state index contributed by atoms with van der Waals surface area (Å²) in [6.45, 7) is 1.46. The Morgan fingerprint density at radius 1 is 1.35 bits per heavy atom. The molecule has 0 unspecified atom stereocenters. The molecule has 0 spiro atoms. The summed E-state index contributed by atoms with van der Waals surface area (Å²) in [5.41, 5.74) is -0.119. The molecule has 1 N–H and O–H groups in total. The Labute approximate surface area is 134 Å². The first-order valence-electron chi connectivity index (χ1n) is 7.71. The lowest BCUT2D eigenvalue weighted by Crippen LogP contribution is -2.30. The number of para-hydroxylation sites is 2. The SMILES string of the molecule is C[C@@H](OC(=O)CC1CCCC1)C(=O)Nc1ccccc1[N+](=O)[O-]. The molecule has 2 rings (SSSR count). The average Bonchev–Trinajstić information content (AvgIpc) is 3.00. The van der Waals surface area contributed by atoms with E-state index >= 15 is 0 Å². The van der Waals surface area contributed by atoms with Crippen molar-refractivity contribution in [2.75, 3.05) is 5.32 Å². The molecule has 7 heteroatoms. The van der Waals surface area contributed by atoms with Gasteiger partial charge in [-0.05, 0) is 31.7 Å². The highest BCUT2D eigenvalue weighted by atomic mass is 16.6. The zero-order valence-electron chi connectivity index (χ0n) is 13.0. The van der Waals surface area contributed by atoms with Gasteiger partial charge in [-0.25, -0.2) is 0 Å². The van der Waals surface area contributed by atoms with Crippen LogP contribution in [0.3, 0.4) is 0 Å². The quantitative estimate of drug-likeness (QED) is 0.493. The second-order valence-electron chi connectivity index (χ2n) is 5.75. The van der Waals surface area contributed by atoms with Gasteiger partial charge in [-0.1, -0.05) is 25.0 Å². The monoisotopic (exact) mass is 320 g/mol. The molecule has 1 aliphatic carbocycles. The van der Waals surface area contributed by atoms with Crippen molar-refractivity contribution in [3.63, 3.8) is 0 Å². The fraction of sp³-hybridized carbons (Fsp3) is 0.500. The largest absolute Gasteiger partial charge is 0.453 e. The number of nitrogens with one attached hydrogen (secondary N) is 1. The van der Waals surface area contributed by atoms with Gasteiger partial charge in [-0.2, -0.15) is 0 Å². The third-order valence-electron chi connectivity index (χ3n) is 3.97. The Morgan fingerprint density at radius 3 is 2.65 bits per heavy atom. The number of hydrogen-bond acceptors (Lipinski definition) is 5. The molecular weight excluding hydrogens is 300 g/mol. The van der Waals surface area contributed by atoms with Crippen LogP contribution in [-0.4, -0.2) is 22.9 Å². The molecule has 0 aromatic heterocycles. The van der Waals surface area contributed by atoms with Gasteiger partial charge in [-0.3, -0.25) is 19.7 Å².